The Balaban J connectivity index is 2.83. The second-order valence-electron chi connectivity index (χ2n) is 2.54. The van der Waals surface area contributed by atoms with Crippen molar-refractivity contribution in [3.8, 4) is 5.75 Å². The van der Waals surface area contributed by atoms with E-state index in [1.54, 1.807) is 11.4 Å². The van der Waals surface area contributed by atoms with Crippen molar-refractivity contribution in [2.45, 2.75) is 0 Å². The van der Waals surface area contributed by atoms with Gasteiger partial charge in [0.05, 0.1) is 7.11 Å². The van der Waals surface area contributed by atoms with Crippen molar-refractivity contribution in [3.63, 3.8) is 0 Å². The van der Waals surface area contributed by atoms with Gasteiger partial charge in [-0.2, -0.15) is 4.39 Å². The third kappa shape index (κ3) is 1.18. The molecule has 1 aromatic carbocycles. The fourth-order valence-corrected chi connectivity index (χ4v) is 1.98. The molecule has 0 saturated carbocycles. The van der Waals surface area contributed by atoms with Crippen LogP contribution in [-0.2, 0) is 0 Å². The second kappa shape index (κ2) is 2.96. The van der Waals surface area contributed by atoms with Gasteiger partial charge in [-0.25, -0.2) is 4.39 Å². The zero-order valence-corrected chi connectivity index (χ0v) is 7.62. The van der Waals surface area contributed by atoms with Crippen LogP contribution >= 0.6 is 11.3 Å². The van der Waals surface area contributed by atoms with Crippen LogP contribution in [0.2, 0.25) is 0 Å². The van der Waals surface area contributed by atoms with E-state index in [1.165, 1.54) is 24.5 Å². The largest absolute Gasteiger partial charge is 0.494 e. The highest BCUT2D eigenvalue weighted by molar-refractivity contribution is 7.17. The van der Waals surface area contributed by atoms with Crippen LogP contribution in [0.15, 0.2) is 17.5 Å². The number of hydrogen-bond donors (Lipinski definition) is 0. The number of thiophene rings is 1. The zero-order valence-electron chi connectivity index (χ0n) is 6.80. The third-order valence-corrected chi connectivity index (χ3v) is 2.69. The summed E-state index contributed by atoms with van der Waals surface area (Å²) in [7, 11) is 1.32. The molecule has 0 N–H and O–H groups in total. The lowest BCUT2D eigenvalue weighted by Gasteiger charge is -2.02. The van der Waals surface area contributed by atoms with Crippen molar-refractivity contribution < 1.29 is 13.5 Å². The van der Waals surface area contributed by atoms with Crippen LogP contribution in [-0.4, -0.2) is 7.11 Å². The van der Waals surface area contributed by atoms with E-state index in [1.807, 2.05) is 0 Å². The highest BCUT2D eigenvalue weighted by Crippen LogP contribution is 2.31. The maximum absolute atomic E-state index is 13.2. The van der Waals surface area contributed by atoms with Crippen LogP contribution < -0.4 is 4.74 Å². The predicted molar refractivity (Wildman–Crippen MR) is 48.3 cm³/mol. The highest BCUT2D eigenvalue weighted by atomic mass is 32.1. The standard InChI is InChI=1S/C9H6F2OS/c1-12-6-4-7-5(2-3-13-7)8(10)9(6)11/h2-4H,1H3. The summed E-state index contributed by atoms with van der Waals surface area (Å²) in [6, 6.07) is 3.05. The molecule has 4 heteroatoms. The quantitative estimate of drug-likeness (QED) is 0.687. The van der Waals surface area contributed by atoms with Crippen molar-refractivity contribution in [1.29, 1.82) is 0 Å². The van der Waals surface area contributed by atoms with Crippen molar-refractivity contribution in [2.75, 3.05) is 7.11 Å². The topological polar surface area (TPSA) is 9.23 Å². The van der Waals surface area contributed by atoms with Gasteiger partial charge >= 0.3 is 0 Å². The van der Waals surface area contributed by atoms with Gasteiger partial charge in [0.15, 0.2) is 11.6 Å². The molecule has 1 nitrogen and oxygen atoms in total. The van der Waals surface area contributed by atoms with E-state index in [2.05, 4.69) is 0 Å². The Kier molecular flexibility index (Phi) is 1.92. The summed E-state index contributed by atoms with van der Waals surface area (Å²) in [6.45, 7) is 0. The van der Waals surface area contributed by atoms with Gasteiger partial charge in [0.25, 0.3) is 0 Å². The summed E-state index contributed by atoms with van der Waals surface area (Å²) in [6.07, 6.45) is 0. The molecule has 0 radical (unpaired) electrons. The van der Waals surface area contributed by atoms with Gasteiger partial charge in [0.1, 0.15) is 0 Å². The average Bonchev–Trinajstić information content (AvgIpc) is 2.59. The molecule has 0 fully saturated rings. The molecule has 0 saturated heterocycles. The maximum atomic E-state index is 13.2. The molecule has 0 aliphatic rings. The van der Waals surface area contributed by atoms with Gasteiger partial charge in [0, 0.05) is 16.2 Å². The fraction of sp³-hybridized carbons (Fsp3) is 0.111. The van der Waals surface area contributed by atoms with E-state index in [-0.39, 0.29) is 5.75 Å². The van der Waals surface area contributed by atoms with Gasteiger partial charge in [0.2, 0.25) is 5.82 Å². The van der Waals surface area contributed by atoms with E-state index in [0.717, 1.165) is 0 Å². The summed E-state index contributed by atoms with van der Waals surface area (Å²) in [5.41, 5.74) is 0. The monoisotopic (exact) mass is 200 g/mol. The molecule has 68 valence electrons. The molecular weight excluding hydrogens is 194 g/mol. The van der Waals surface area contributed by atoms with Crippen molar-refractivity contribution in [3.05, 3.63) is 29.1 Å². The Morgan fingerprint density at radius 3 is 2.77 bits per heavy atom. The minimum Gasteiger partial charge on any atom is -0.494 e. The van der Waals surface area contributed by atoms with Gasteiger partial charge in [-0.05, 0) is 11.4 Å². The van der Waals surface area contributed by atoms with Crippen molar-refractivity contribution in [1.82, 2.24) is 0 Å². The van der Waals surface area contributed by atoms with Gasteiger partial charge in [-0.15, -0.1) is 11.3 Å². The first-order valence-corrected chi connectivity index (χ1v) is 4.51. The summed E-state index contributed by atoms with van der Waals surface area (Å²) >= 11 is 1.35. The zero-order chi connectivity index (χ0) is 9.42. The minimum atomic E-state index is -0.923. The number of benzene rings is 1. The smallest absolute Gasteiger partial charge is 0.201 e. The Morgan fingerprint density at radius 2 is 2.08 bits per heavy atom. The summed E-state index contributed by atoms with van der Waals surface area (Å²) in [5.74, 6) is -1.81. The van der Waals surface area contributed by atoms with Crippen LogP contribution in [0.3, 0.4) is 0 Å². The molecule has 0 aliphatic carbocycles. The van der Waals surface area contributed by atoms with Crippen LogP contribution in [0.25, 0.3) is 10.1 Å². The lowest BCUT2D eigenvalue weighted by Crippen LogP contribution is -1.91. The first-order valence-electron chi connectivity index (χ1n) is 3.63. The number of rotatable bonds is 1. The summed E-state index contributed by atoms with van der Waals surface area (Å²) in [4.78, 5) is 0. The van der Waals surface area contributed by atoms with E-state index >= 15 is 0 Å². The lowest BCUT2D eigenvalue weighted by molar-refractivity contribution is 0.374. The molecule has 1 heterocycles. The highest BCUT2D eigenvalue weighted by Gasteiger charge is 2.13. The molecule has 0 atom stereocenters. The number of fused-ring (bicyclic) bond motifs is 1. The Hall–Kier alpha value is -1.16. The molecular formula is C9H6F2OS. The molecule has 0 unspecified atom stereocenters. The molecule has 13 heavy (non-hydrogen) atoms. The maximum Gasteiger partial charge on any atom is 0.201 e. The number of halogens is 2. The normalized spacial score (nSPS) is 10.7. The van der Waals surface area contributed by atoms with E-state index < -0.39 is 11.6 Å². The predicted octanol–water partition coefficient (Wildman–Crippen LogP) is 3.19. The molecule has 0 aliphatic heterocycles. The molecule has 2 rings (SSSR count). The second-order valence-corrected chi connectivity index (χ2v) is 3.49. The van der Waals surface area contributed by atoms with Gasteiger partial charge < -0.3 is 4.74 Å². The van der Waals surface area contributed by atoms with E-state index in [4.69, 9.17) is 4.74 Å². The molecule has 0 spiro atoms. The minimum absolute atomic E-state index is 0.0487. The summed E-state index contributed by atoms with van der Waals surface area (Å²) in [5, 5.41) is 2.02. The molecule has 0 bridgehead atoms. The SMILES string of the molecule is COc1cc2sccc2c(F)c1F. The van der Waals surface area contributed by atoms with Gasteiger partial charge in [-0.3, -0.25) is 0 Å². The summed E-state index contributed by atoms with van der Waals surface area (Å²) < 4.78 is 31.7. The van der Waals surface area contributed by atoms with Crippen LogP contribution in [0.4, 0.5) is 8.78 Å². The van der Waals surface area contributed by atoms with Crippen LogP contribution in [0, 0.1) is 11.6 Å². The average molecular weight is 200 g/mol. The first kappa shape index (κ1) is 8.44. The molecule has 1 aromatic heterocycles. The van der Waals surface area contributed by atoms with Gasteiger partial charge in [-0.1, -0.05) is 0 Å². The third-order valence-electron chi connectivity index (χ3n) is 1.82. The van der Waals surface area contributed by atoms with E-state index in [0.29, 0.717) is 10.1 Å². The van der Waals surface area contributed by atoms with Crippen molar-refractivity contribution in [2.24, 2.45) is 0 Å². The number of ether oxygens (including phenoxy) is 1. The fourth-order valence-electron chi connectivity index (χ4n) is 1.17. The van der Waals surface area contributed by atoms with Crippen molar-refractivity contribution >= 4 is 21.4 Å². The first-order chi connectivity index (χ1) is 6.24. The Labute approximate surface area is 77.6 Å². The van der Waals surface area contributed by atoms with Crippen LogP contribution in [0.1, 0.15) is 0 Å². The number of hydrogen-bond acceptors (Lipinski definition) is 2. The van der Waals surface area contributed by atoms with Crippen LogP contribution in [0.5, 0.6) is 5.75 Å². The Bertz CT molecular complexity index is 450. The lowest BCUT2D eigenvalue weighted by atomic mass is 10.2. The molecule has 2 aromatic rings. The molecule has 0 amide bonds. The van der Waals surface area contributed by atoms with E-state index in [9.17, 15) is 8.78 Å². The Morgan fingerprint density at radius 1 is 1.31 bits per heavy atom. The number of methoxy groups -OCH3 is 1.